The van der Waals surface area contributed by atoms with Gasteiger partial charge in [-0.1, -0.05) is 11.6 Å². The van der Waals surface area contributed by atoms with Gasteiger partial charge in [0.05, 0.1) is 16.7 Å². The summed E-state index contributed by atoms with van der Waals surface area (Å²) < 4.78 is 12.6. The van der Waals surface area contributed by atoms with Gasteiger partial charge in [-0.2, -0.15) is 20.3 Å². The summed E-state index contributed by atoms with van der Waals surface area (Å²) in [5, 5.41) is 15.8. The van der Waals surface area contributed by atoms with Gasteiger partial charge >= 0.3 is 7.52 Å². The monoisotopic (exact) mass is 497 g/mol. The van der Waals surface area contributed by atoms with Crippen LogP contribution in [-0.2, 0) is 9.36 Å². The fraction of sp³-hybridized carbons (Fsp3) is 0.0952. The van der Waals surface area contributed by atoms with Crippen molar-refractivity contribution in [2.75, 3.05) is 5.09 Å². The molecule has 0 aliphatic carbocycles. The van der Waals surface area contributed by atoms with Gasteiger partial charge in [-0.05, 0) is 61.5 Å². The molecule has 2 heterocycles. The number of nitrogens with one attached hydrogen (secondary N) is 1. The average molecular weight is 498 g/mol. The van der Waals surface area contributed by atoms with Crippen LogP contribution in [0.15, 0.2) is 82.3 Å². The molecular weight excluding hydrogens is 481 g/mol. The van der Waals surface area contributed by atoms with E-state index in [1.165, 1.54) is 48.8 Å². The quantitative estimate of drug-likeness (QED) is 0.300. The van der Waals surface area contributed by atoms with Crippen LogP contribution in [-0.4, -0.2) is 43.4 Å². The van der Waals surface area contributed by atoms with Crippen LogP contribution in [0.25, 0.3) is 0 Å². The zero-order valence-corrected chi connectivity index (χ0v) is 19.3. The summed E-state index contributed by atoms with van der Waals surface area (Å²) in [7, 11) is -3.97. The first-order chi connectivity index (χ1) is 16.2. The van der Waals surface area contributed by atoms with Gasteiger partial charge in [0.25, 0.3) is 11.8 Å². The van der Waals surface area contributed by atoms with Crippen molar-refractivity contribution in [3.05, 3.63) is 77.6 Å². The van der Waals surface area contributed by atoms with E-state index < -0.39 is 25.4 Å². The molecule has 1 aliphatic rings. The van der Waals surface area contributed by atoms with E-state index in [1.54, 1.807) is 25.1 Å². The molecule has 0 saturated carbocycles. The molecule has 3 aromatic rings. The number of amides is 2. The molecule has 2 unspecified atom stereocenters. The molecule has 34 heavy (non-hydrogen) atoms. The maximum Gasteiger partial charge on any atom is 0.323 e. The second kappa shape index (κ2) is 9.60. The van der Waals surface area contributed by atoms with Crippen molar-refractivity contribution < 1.29 is 19.0 Å². The Labute approximate surface area is 198 Å². The lowest BCUT2D eigenvalue weighted by molar-refractivity contribution is -0.127. The number of hydrogen-bond acceptors (Lipinski definition) is 8. The van der Waals surface area contributed by atoms with Gasteiger partial charge in [-0.25, -0.2) is 9.97 Å². The number of halogens is 1. The Bertz CT molecular complexity index is 1330. The highest BCUT2D eigenvalue weighted by molar-refractivity contribution is 7.67. The highest BCUT2D eigenvalue weighted by Crippen LogP contribution is 2.38. The number of azo groups is 1. The number of hydrogen-bond donors (Lipinski definition) is 2. The molecule has 0 spiro atoms. The Morgan fingerprint density at radius 3 is 2.41 bits per heavy atom. The molecule has 1 aromatic heterocycles. The van der Waals surface area contributed by atoms with Crippen molar-refractivity contribution in [1.82, 2.24) is 15.0 Å². The number of aromatic nitrogens is 2. The summed E-state index contributed by atoms with van der Waals surface area (Å²) in [4.78, 5) is 43.4. The minimum Gasteiger partial charge on any atom is -0.326 e. The first kappa shape index (κ1) is 23.4. The van der Waals surface area contributed by atoms with Crippen molar-refractivity contribution >= 4 is 53.6 Å². The Balaban J connectivity index is 1.45. The maximum absolute atomic E-state index is 12.7. The minimum absolute atomic E-state index is 0.0179. The molecule has 2 N–H and O–H groups in total. The van der Waals surface area contributed by atoms with E-state index in [0.29, 0.717) is 16.4 Å². The van der Waals surface area contributed by atoms with Gasteiger partial charge in [0.2, 0.25) is 5.95 Å². The second-order valence-electron chi connectivity index (χ2n) is 7.10. The van der Waals surface area contributed by atoms with E-state index in [-0.39, 0.29) is 16.8 Å². The molecule has 2 aromatic carbocycles. The molecular formula is C21H17ClN7O4P. The molecule has 0 bridgehead atoms. The average Bonchev–Trinajstić information content (AvgIpc) is 3.11. The van der Waals surface area contributed by atoms with Gasteiger partial charge < -0.3 is 4.89 Å². The zero-order chi connectivity index (χ0) is 24.3. The van der Waals surface area contributed by atoms with E-state index in [4.69, 9.17) is 11.6 Å². The van der Waals surface area contributed by atoms with E-state index in [2.05, 4.69) is 30.4 Å². The molecule has 13 heteroatoms. The van der Waals surface area contributed by atoms with Crippen LogP contribution in [0.2, 0.25) is 5.02 Å². The number of carbonyl (C=O) groups excluding carboxylic acids is 2. The predicted octanol–water partition coefficient (Wildman–Crippen LogP) is 3.56. The third kappa shape index (κ3) is 5.07. The fourth-order valence-electron chi connectivity index (χ4n) is 2.95. The standard InChI is InChI=1S/C21H17ClN7O4P/c1-13-18(20(31)29(27-13)19(30)14-3-5-15(22)6-4-14)26-25-16-7-9-17(10-8-16)34(32,33)28-21-23-11-2-12-24-21/h2-12,18H,1H3,(H2,23,24,28,32,33)/b26-25+. The normalized spacial score (nSPS) is 17.5. The van der Waals surface area contributed by atoms with E-state index in [9.17, 15) is 19.0 Å². The molecule has 2 atom stereocenters. The Hall–Kier alpha value is -3.79. The van der Waals surface area contributed by atoms with Crippen LogP contribution in [0.1, 0.15) is 17.3 Å². The topological polar surface area (TPSA) is 150 Å². The third-order valence-electron chi connectivity index (χ3n) is 4.69. The van der Waals surface area contributed by atoms with Gasteiger partial charge in [-0.3, -0.25) is 19.2 Å². The van der Waals surface area contributed by atoms with Crippen LogP contribution in [0, 0.1) is 0 Å². The number of anilines is 1. The number of hydrazone groups is 1. The maximum atomic E-state index is 12.7. The number of imide groups is 1. The third-order valence-corrected chi connectivity index (χ3v) is 6.44. The predicted molar refractivity (Wildman–Crippen MR) is 126 cm³/mol. The molecule has 11 nitrogen and oxygen atoms in total. The lowest BCUT2D eigenvalue weighted by Crippen LogP contribution is -2.34. The van der Waals surface area contributed by atoms with Crippen LogP contribution < -0.4 is 10.4 Å². The molecule has 172 valence electrons. The molecule has 0 radical (unpaired) electrons. The molecule has 2 amide bonds. The van der Waals surface area contributed by atoms with E-state index >= 15 is 0 Å². The number of rotatable bonds is 6. The van der Waals surface area contributed by atoms with Crippen LogP contribution in [0.3, 0.4) is 0 Å². The summed E-state index contributed by atoms with van der Waals surface area (Å²) in [5.41, 5.74) is 0.896. The zero-order valence-electron chi connectivity index (χ0n) is 17.6. The fourth-order valence-corrected chi connectivity index (χ4v) is 4.15. The second-order valence-corrected chi connectivity index (χ2v) is 9.43. The van der Waals surface area contributed by atoms with Gasteiger partial charge in [-0.15, -0.1) is 0 Å². The van der Waals surface area contributed by atoms with Crippen molar-refractivity contribution in [2.24, 2.45) is 15.3 Å². The smallest absolute Gasteiger partial charge is 0.323 e. The number of carbonyl (C=O) groups is 2. The summed E-state index contributed by atoms with van der Waals surface area (Å²) in [6, 6.07) is 12.3. The summed E-state index contributed by atoms with van der Waals surface area (Å²) >= 11 is 5.84. The Morgan fingerprint density at radius 1 is 1.12 bits per heavy atom. The van der Waals surface area contributed by atoms with E-state index in [1.807, 2.05) is 0 Å². The van der Waals surface area contributed by atoms with E-state index in [0.717, 1.165) is 5.01 Å². The van der Waals surface area contributed by atoms with Gasteiger partial charge in [0, 0.05) is 23.0 Å². The molecule has 1 aliphatic heterocycles. The minimum atomic E-state index is -3.97. The lowest BCUT2D eigenvalue weighted by Gasteiger charge is -2.13. The molecule has 0 saturated heterocycles. The van der Waals surface area contributed by atoms with Crippen molar-refractivity contribution in [2.45, 2.75) is 13.0 Å². The Morgan fingerprint density at radius 2 is 1.76 bits per heavy atom. The highest BCUT2D eigenvalue weighted by atomic mass is 35.5. The largest absolute Gasteiger partial charge is 0.326 e. The summed E-state index contributed by atoms with van der Waals surface area (Å²) in [6.45, 7) is 1.57. The van der Waals surface area contributed by atoms with Crippen LogP contribution >= 0.6 is 19.1 Å². The van der Waals surface area contributed by atoms with Crippen LogP contribution in [0.4, 0.5) is 11.6 Å². The summed E-state index contributed by atoms with van der Waals surface area (Å²) in [6.07, 6.45) is 2.89. The first-order valence-corrected chi connectivity index (χ1v) is 11.9. The SMILES string of the molecule is CC1=NN(C(=O)c2ccc(Cl)cc2)C(=O)C1/N=N/c1ccc(P(=O)(O)Nc2ncccn2)cc1. The summed E-state index contributed by atoms with van der Waals surface area (Å²) in [5.74, 6) is -1.22. The van der Waals surface area contributed by atoms with Crippen LogP contribution in [0.5, 0.6) is 0 Å². The molecule has 4 rings (SSSR count). The Kier molecular flexibility index (Phi) is 6.60. The van der Waals surface area contributed by atoms with Crippen molar-refractivity contribution in [3.63, 3.8) is 0 Å². The lowest BCUT2D eigenvalue weighted by atomic mass is 10.2. The number of nitrogens with zero attached hydrogens (tertiary/aromatic N) is 6. The van der Waals surface area contributed by atoms with Gasteiger partial charge in [0.1, 0.15) is 0 Å². The highest BCUT2D eigenvalue weighted by Gasteiger charge is 2.38. The van der Waals surface area contributed by atoms with Crippen molar-refractivity contribution in [3.8, 4) is 0 Å². The van der Waals surface area contributed by atoms with Gasteiger partial charge in [0.15, 0.2) is 6.04 Å². The first-order valence-electron chi connectivity index (χ1n) is 9.83. The molecule has 0 fully saturated rings. The van der Waals surface area contributed by atoms with Crippen molar-refractivity contribution in [1.29, 1.82) is 0 Å². The number of benzene rings is 2.